The molecular weight excluding hydrogens is 280 g/mol. The van der Waals surface area contributed by atoms with Crippen LogP contribution in [0.5, 0.6) is 0 Å². The summed E-state index contributed by atoms with van der Waals surface area (Å²) in [5.74, 6) is -1.04. The lowest BCUT2D eigenvalue weighted by atomic mass is 10.2. The van der Waals surface area contributed by atoms with Crippen molar-refractivity contribution < 1.29 is 9.90 Å². The van der Waals surface area contributed by atoms with Crippen LogP contribution in [-0.2, 0) is 0 Å². The molecule has 2 aromatic rings. The van der Waals surface area contributed by atoms with Crippen LogP contribution < -0.4 is 15.2 Å². The van der Waals surface area contributed by atoms with Crippen LogP contribution in [-0.4, -0.2) is 15.8 Å². The van der Waals surface area contributed by atoms with Crippen LogP contribution in [0.4, 0.5) is 5.69 Å². The first-order valence-corrected chi connectivity index (χ1v) is 4.91. The highest BCUT2D eigenvalue weighted by Gasteiger charge is 2.22. The van der Waals surface area contributed by atoms with Crippen molar-refractivity contribution in [3.63, 3.8) is 0 Å². The highest BCUT2D eigenvalue weighted by atomic mass is 79.9. The zero-order chi connectivity index (χ0) is 11.9. The van der Waals surface area contributed by atoms with Crippen LogP contribution in [0.25, 0.3) is 0 Å². The van der Waals surface area contributed by atoms with E-state index in [1.54, 1.807) is 0 Å². The van der Waals surface area contributed by atoms with Crippen molar-refractivity contribution in [1.82, 2.24) is 4.68 Å². The molecule has 0 unspecified atom stereocenters. The summed E-state index contributed by atoms with van der Waals surface area (Å²) < 4.78 is 2.07. The number of hydrogen-bond acceptors (Lipinski definition) is 4. The van der Waals surface area contributed by atoms with E-state index in [9.17, 15) is 14.4 Å². The number of carbonyl (C=O) groups is 1. The van der Waals surface area contributed by atoms with Crippen LogP contribution in [0.3, 0.4) is 0 Å². The fourth-order valence-corrected chi connectivity index (χ4v) is 1.65. The minimum atomic E-state index is -1.04. The molecule has 16 heavy (non-hydrogen) atoms. The van der Waals surface area contributed by atoms with Crippen LogP contribution in [0.2, 0.25) is 0 Å². The Bertz CT molecular complexity index is 584. The Labute approximate surface area is 97.3 Å². The van der Waals surface area contributed by atoms with Gasteiger partial charge in [-0.25, -0.2) is 8.83 Å². The molecule has 1 aromatic heterocycles. The predicted molar refractivity (Wildman–Crippen MR) is 59.5 cm³/mol. The molecule has 6 nitrogen and oxygen atoms in total. The van der Waals surface area contributed by atoms with Crippen LogP contribution in [0.15, 0.2) is 33.9 Å². The Kier molecular flexibility index (Phi) is 2.39. The van der Waals surface area contributed by atoms with Gasteiger partial charge in [0.2, 0.25) is 0 Å². The van der Waals surface area contributed by atoms with Crippen LogP contribution in [0, 0.1) is 0 Å². The van der Waals surface area contributed by atoms with E-state index in [1.807, 2.05) is 0 Å². The maximum Gasteiger partial charge on any atom is 0.341 e. The van der Waals surface area contributed by atoms with Gasteiger partial charge in [0.05, 0.1) is 27.4 Å². The Hall–Kier alpha value is -1.89. The summed E-state index contributed by atoms with van der Waals surface area (Å²) in [7, 11) is 0. The minimum absolute atomic E-state index is 0.133. The number of nitrogens with zero attached hydrogens (tertiary/aromatic N) is 2. The molecule has 1 aromatic carbocycles. The zero-order valence-corrected chi connectivity index (χ0v) is 9.34. The number of carboxylic acids is 1. The van der Waals surface area contributed by atoms with Gasteiger partial charge in [0.1, 0.15) is 0 Å². The van der Waals surface area contributed by atoms with Crippen molar-refractivity contribution in [2.24, 2.45) is 0 Å². The first-order chi connectivity index (χ1) is 7.52. The van der Waals surface area contributed by atoms with Gasteiger partial charge in [0.25, 0.3) is 0 Å². The Morgan fingerprint density at radius 2 is 1.69 bits per heavy atom. The van der Waals surface area contributed by atoms with Gasteiger partial charge in [0.15, 0.2) is 0 Å². The fourth-order valence-electron chi connectivity index (χ4n) is 1.13. The molecule has 1 N–H and O–H groups in total. The van der Waals surface area contributed by atoms with Crippen molar-refractivity contribution in [1.29, 1.82) is 0 Å². The predicted octanol–water partition coefficient (Wildman–Crippen LogP) is 0.362. The average Bonchev–Trinajstić information content (AvgIpc) is 2.86. The maximum absolute atomic E-state index is 10.8. The first-order valence-electron chi connectivity index (χ1n) is 4.20. The molecule has 82 valence electrons. The standard InChI is InChI=1S/C9H5BrN2O4/c10-12(11-7(13)8(11)14)6-3-1-5(2-4-6)9(15)16/h1-4H,(H,15,16). The Morgan fingerprint density at radius 3 is 2.06 bits per heavy atom. The first kappa shape index (κ1) is 10.6. The summed E-state index contributed by atoms with van der Waals surface area (Å²) in [5, 5.41) is 8.68. The highest BCUT2D eigenvalue weighted by Crippen LogP contribution is 2.18. The summed E-state index contributed by atoms with van der Waals surface area (Å²) in [6.07, 6.45) is 0. The van der Waals surface area contributed by atoms with Gasteiger partial charge < -0.3 is 5.11 Å². The molecule has 0 atom stereocenters. The third-order valence-electron chi connectivity index (χ3n) is 2.02. The van der Waals surface area contributed by atoms with Gasteiger partial charge in [-0.05, 0) is 24.3 Å². The smallest absolute Gasteiger partial charge is 0.341 e. The molecule has 0 fully saturated rings. The van der Waals surface area contributed by atoms with Gasteiger partial charge in [-0.3, -0.25) is 9.59 Å². The summed E-state index contributed by atoms with van der Waals surface area (Å²) >= 11 is 3.03. The van der Waals surface area contributed by atoms with Gasteiger partial charge in [-0.1, -0.05) is 0 Å². The van der Waals surface area contributed by atoms with Crippen molar-refractivity contribution in [3.8, 4) is 0 Å². The average molecular weight is 285 g/mol. The highest BCUT2D eigenvalue weighted by molar-refractivity contribution is 9.10. The number of aromatic nitrogens is 1. The van der Waals surface area contributed by atoms with E-state index < -0.39 is 17.1 Å². The van der Waals surface area contributed by atoms with E-state index in [1.165, 1.54) is 28.3 Å². The number of aromatic carboxylic acids is 1. The van der Waals surface area contributed by atoms with Gasteiger partial charge in [-0.2, -0.15) is 4.68 Å². The van der Waals surface area contributed by atoms with Crippen LogP contribution in [0.1, 0.15) is 10.4 Å². The third kappa shape index (κ3) is 1.65. The molecule has 0 amide bonds. The second kappa shape index (κ2) is 3.60. The van der Waals surface area contributed by atoms with E-state index in [0.29, 0.717) is 5.69 Å². The summed E-state index contributed by atoms with van der Waals surface area (Å²) in [5.41, 5.74) is -0.601. The van der Waals surface area contributed by atoms with E-state index in [-0.39, 0.29) is 5.56 Å². The van der Waals surface area contributed by atoms with Gasteiger partial charge >= 0.3 is 17.1 Å². The molecular formula is C9H5BrN2O4. The maximum atomic E-state index is 10.8. The molecule has 0 saturated carbocycles. The molecule has 7 heteroatoms. The van der Waals surface area contributed by atoms with E-state index >= 15 is 0 Å². The molecule has 0 bridgehead atoms. The number of hydrogen-bond donors (Lipinski definition) is 1. The molecule has 0 aliphatic carbocycles. The second-order valence-corrected chi connectivity index (χ2v) is 3.71. The second-order valence-electron chi connectivity index (χ2n) is 3.03. The topological polar surface area (TPSA) is 79.6 Å². The lowest BCUT2D eigenvalue weighted by molar-refractivity contribution is 0.0697. The summed E-state index contributed by atoms with van der Waals surface area (Å²) in [4.78, 5) is 32.2. The zero-order valence-electron chi connectivity index (χ0n) is 7.75. The Balaban J connectivity index is 2.29. The SMILES string of the molecule is O=C(O)c1ccc(N(Br)n2c(=O)c2=O)cc1. The number of anilines is 1. The van der Waals surface area contributed by atoms with Crippen molar-refractivity contribution in [2.75, 3.05) is 4.03 Å². The molecule has 0 spiro atoms. The largest absolute Gasteiger partial charge is 0.478 e. The number of carboxylic acid groups (broad SMARTS) is 1. The van der Waals surface area contributed by atoms with Crippen LogP contribution >= 0.6 is 16.1 Å². The molecule has 0 aliphatic rings. The normalized spacial score (nSPS) is 10.6. The molecule has 0 aliphatic heterocycles. The van der Waals surface area contributed by atoms with E-state index in [0.717, 1.165) is 4.68 Å². The summed E-state index contributed by atoms with van der Waals surface area (Å²) in [6, 6.07) is 5.73. The fraction of sp³-hybridized carbons (Fsp3) is 0. The molecule has 0 saturated heterocycles. The lowest BCUT2D eigenvalue weighted by Crippen LogP contribution is -2.16. The molecule has 2 rings (SSSR count). The third-order valence-corrected chi connectivity index (χ3v) is 2.75. The number of benzene rings is 1. The van der Waals surface area contributed by atoms with Crippen molar-refractivity contribution >= 4 is 27.8 Å². The lowest BCUT2D eigenvalue weighted by Gasteiger charge is -2.10. The quantitative estimate of drug-likeness (QED) is 0.650. The molecule has 0 radical (unpaired) electrons. The Morgan fingerprint density at radius 1 is 1.19 bits per heavy atom. The van der Waals surface area contributed by atoms with Crippen molar-refractivity contribution in [2.45, 2.75) is 0 Å². The number of rotatable bonds is 3. The monoisotopic (exact) mass is 284 g/mol. The van der Waals surface area contributed by atoms with Gasteiger partial charge in [-0.15, -0.1) is 0 Å². The van der Waals surface area contributed by atoms with Gasteiger partial charge in [0, 0.05) is 0 Å². The molecule has 1 heterocycles. The summed E-state index contributed by atoms with van der Waals surface area (Å²) in [6.45, 7) is 0. The van der Waals surface area contributed by atoms with E-state index in [2.05, 4.69) is 16.1 Å². The van der Waals surface area contributed by atoms with E-state index in [4.69, 9.17) is 5.11 Å². The van der Waals surface area contributed by atoms with Crippen molar-refractivity contribution in [3.05, 3.63) is 50.5 Å². The minimum Gasteiger partial charge on any atom is -0.478 e. The number of halogens is 1.